The highest BCUT2D eigenvalue weighted by Gasteiger charge is 2.64. The molecule has 0 aliphatic heterocycles. The molecule has 110 valence electrons. The Morgan fingerprint density at radius 1 is 1.37 bits per heavy atom. The molecule has 1 fully saturated rings. The van der Waals surface area contributed by atoms with Gasteiger partial charge < -0.3 is 10.1 Å². The van der Waals surface area contributed by atoms with Gasteiger partial charge in [-0.1, -0.05) is 15.9 Å². The molecule has 1 saturated carbocycles. The van der Waals surface area contributed by atoms with E-state index in [1.165, 1.54) is 0 Å². The summed E-state index contributed by atoms with van der Waals surface area (Å²) in [6.45, 7) is 4.82. The number of carbonyl (C=O) groups excluding carboxylic acids is 2. The minimum Gasteiger partial charge on any atom is -0.458 e. The summed E-state index contributed by atoms with van der Waals surface area (Å²) in [6.07, 6.45) is -4.89. The van der Waals surface area contributed by atoms with Gasteiger partial charge >= 0.3 is 18.1 Å². The number of hydrogen-bond donors (Lipinski definition) is 1. The first-order valence-electron chi connectivity index (χ1n) is 5.61. The van der Waals surface area contributed by atoms with Crippen molar-refractivity contribution in [2.45, 2.75) is 44.5 Å². The number of nitrogens with one attached hydrogen (secondary N) is 1. The Morgan fingerprint density at radius 2 is 1.89 bits per heavy atom. The van der Waals surface area contributed by atoms with E-state index < -0.39 is 35.1 Å². The average molecular weight is 346 g/mol. The van der Waals surface area contributed by atoms with Crippen molar-refractivity contribution in [1.29, 1.82) is 0 Å². The van der Waals surface area contributed by atoms with Gasteiger partial charge in [0.25, 0.3) is 0 Å². The number of ether oxygens (including phenoxy) is 1. The predicted octanol–water partition coefficient (Wildman–Crippen LogP) is 2.16. The lowest BCUT2D eigenvalue weighted by Gasteiger charge is -2.25. The number of rotatable bonds is 3. The van der Waals surface area contributed by atoms with Gasteiger partial charge in [-0.05, 0) is 27.2 Å². The summed E-state index contributed by atoms with van der Waals surface area (Å²) in [7, 11) is 0. The first kappa shape index (κ1) is 16.3. The minimum atomic E-state index is -5.02. The molecule has 2 atom stereocenters. The van der Waals surface area contributed by atoms with Crippen LogP contribution < -0.4 is 5.32 Å². The van der Waals surface area contributed by atoms with Crippen molar-refractivity contribution in [3.8, 4) is 0 Å². The Labute approximate surface area is 117 Å². The van der Waals surface area contributed by atoms with Crippen LogP contribution in [-0.4, -0.2) is 34.5 Å². The molecule has 0 aromatic rings. The molecule has 1 rings (SSSR count). The van der Waals surface area contributed by atoms with Gasteiger partial charge in [0.05, 0.1) is 0 Å². The van der Waals surface area contributed by atoms with E-state index >= 15 is 0 Å². The second-order valence-corrected chi connectivity index (χ2v) is 6.13. The fourth-order valence-corrected chi connectivity index (χ4v) is 2.39. The molecule has 1 aliphatic carbocycles. The Hall–Kier alpha value is -0.790. The number of amides is 1. The molecule has 0 aromatic heterocycles. The quantitative estimate of drug-likeness (QED) is 0.630. The largest absolute Gasteiger partial charge is 0.471 e. The monoisotopic (exact) mass is 345 g/mol. The molecule has 0 aromatic carbocycles. The zero-order valence-corrected chi connectivity index (χ0v) is 12.3. The van der Waals surface area contributed by atoms with Crippen molar-refractivity contribution in [2.24, 2.45) is 5.92 Å². The molecule has 0 radical (unpaired) electrons. The van der Waals surface area contributed by atoms with Crippen LogP contribution in [0, 0.1) is 5.92 Å². The van der Waals surface area contributed by atoms with E-state index in [2.05, 4.69) is 15.9 Å². The van der Waals surface area contributed by atoms with Crippen LogP contribution in [0.1, 0.15) is 27.2 Å². The Morgan fingerprint density at radius 3 is 2.21 bits per heavy atom. The van der Waals surface area contributed by atoms with E-state index in [1.807, 2.05) is 0 Å². The van der Waals surface area contributed by atoms with Gasteiger partial charge in [-0.2, -0.15) is 13.2 Å². The molecule has 19 heavy (non-hydrogen) atoms. The van der Waals surface area contributed by atoms with E-state index in [0.29, 0.717) is 5.33 Å². The van der Waals surface area contributed by atoms with Gasteiger partial charge in [0.15, 0.2) is 0 Å². The summed E-state index contributed by atoms with van der Waals surface area (Å²) in [6, 6.07) is 0. The lowest BCUT2D eigenvalue weighted by molar-refractivity contribution is -0.178. The van der Waals surface area contributed by atoms with Crippen molar-refractivity contribution in [1.82, 2.24) is 5.32 Å². The molecular weight excluding hydrogens is 331 g/mol. The molecule has 0 saturated heterocycles. The minimum absolute atomic E-state index is 0.134. The molecule has 0 bridgehead atoms. The molecule has 1 aliphatic rings. The lowest BCUT2D eigenvalue weighted by Crippen LogP contribution is -2.52. The lowest BCUT2D eigenvalue weighted by atomic mass is 10.1. The summed E-state index contributed by atoms with van der Waals surface area (Å²) in [5, 5.41) is 2.07. The maximum Gasteiger partial charge on any atom is 0.471 e. The molecule has 0 heterocycles. The highest BCUT2D eigenvalue weighted by atomic mass is 79.9. The summed E-state index contributed by atoms with van der Waals surface area (Å²) in [5.74, 6) is -3.35. The van der Waals surface area contributed by atoms with Crippen LogP contribution >= 0.6 is 15.9 Å². The number of halogens is 4. The predicted molar refractivity (Wildman–Crippen MR) is 64.7 cm³/mol. The van der Waals surface area contributed by atoms with E-state index in [1.54, 1.807) is 26.1 Å². The third-order valence-electron chi connectivity index (χ3n) is 2.65. The number of hydrogen-bond acceptors (Lipinski definition) is 3. The van der Waals surface area contributed by atoms with Gasteiger partial charge in [-0.15, -0.1) is 0 Å². The molecule has 1 amide bonds. The third kappa shape index (κ3) is 3.84. The standard InChI is InChI=1S/C11H15BrF3NO3/c1-9(2,3)19-8(18)10(4-6(10)5-12)16-7(17)11(13,14)15/h6H,4-5H2,1-3H3,(H,16,17)/t6-,10-/m0/s1. The third-order valence-corrected chi connectivity index (χ3v) is 3.43. The molecule has 0 unspecified atom stereocenters. The fraction of sp³-hybridized carbons (Fsp3) is 0.818. The summed E-state index contributed by atoms with van der Waals surface area (Å²) >= 11 is 3.10. The van der Waals surface area contributed by atoms with Crippen LogP contribution in [0.2, 0.25) is 0 Å². The van der Waals surface area contributed by atoms with Crippen molar-refractivity contribution in [2.75, 3.05) is 5.33 Å². The van der Waals surface area contributed by atoms with Gasteiger partial charge in [-0.3, -0.25) is 4.79 Å². The van der Waals surface area contributed by atoms with Gasteiger partial charge in [-0.25, -0.2) is 4.79 Å². The number of esters is 1. The second-order valence-electron chi connectivity index (χ2n) is 5.48. The zero-order chi connectivity index (χ0) is 15.1. The summed E-state index contributed by atoms with van der Waals surface area (Å²) < 4.78 is 41.9. The molecule has 1 N–H and O–H groups in total. The zero-order valence-electron chi connectivity index (χ0n) is 10.7. The van der Waals surface area contributed by atoms with Crippen molar-refractivity contribution < 1.29 is 27.5 Å². The van der Waals surface area contributed by atoms with E-state index in [4.69, 9.17) is 4.74 Å². The van der Waals surface area contributed by atoms with Crippen LogP contribution in [0.15, 0.2) is 0 Å². The highest BCUT2D eigenvalue weighted by Crippen LogP contribution is 2.46. The van der Waals surface area contributed by atoms with Gasteiger partial charge in [0.1, 0.15) is 11.1 Å². The van der Waals surface area contributed by atoms with Gasteiger partial charge in [0.2, 0.25) is 0 Å². The topological polar surface area (TPSA) is 55.4 Å². The van der Waals surface area contributed by atoms with Crippen molar-refractivity contribution in [3.63, 3.8) is 0 Å². The van der Waals surface area contributed by atoms with E-state index in [0.717, 1.165) is 0 Å². The molecule has 4 nitrogen and oxygen atoms in total. The van der Waals surface area contributed by atoms with Crippen LogP contribution in [0.25, 0.3) is 0 Å². The first-order chi connectivity index (χ1) is 8.42. The normalized spacial score (nSPS) is 26.8. The summed E-state index contributed by atoms with van der Waals surface area (Å²) in [4.78, 5) is 22.9. The van der Waals surface area contributed by atoms with Crippen molar-refractivity contribution >= 4 is 27.8 Å². The SMILES string of the molecule is CC(C)(C)OC(=O)[C@]1(NC(=O)C(F)(F)F)C[C@H]1CBr. The first-order valence-corrected chi connectivity index (χ1v) is 6.73. The Kier molecular flexibility index (Phi) is 4.24. The maximum absolute atomic E-state index is 12.3. The molecule has 8 heteroatoms. The van der Waals surface area contributed by atoms with Crippen molar-refractivity contribution in [3.05, 3.63) is 0 Å². The molecule has 0 spiro atoms. The highest BCUT2D eigenvalue weighted by molar-refractivity contribution is 9.09. The maximum atomic E-state index is 12.3. The van der Waals surface area contributed by atoms with Crippen LogP contribution in [-0.2, 0) is 14.3 Å². The number of carbonyl (C=O) groups is 2. The van der Waals surface area contributed by atoms with Crippen LogP contribution in [0.3, 0.4) is 0 Å². The molecular formula is C11H15BrF3NO3. The summed E-state index contributed by atoms with van der Waals surface area (Å²) in [5.41, 5.74) is -2.39. The smallest absolute Gasteiger partial charge is 0.458 e. The van der Waals surface area contributed by atoms with Gasteiger partial charge in [0, 0.05) is 11.2 Å². The Balaban J connectivity index is 2.83. The average Bonchev–Trinajstić information content (AvgIpc) is 2.89. The fourth-order valence-electron chi connectivity index (χ4n) is 1.61. The van der Waals surface area contributed by atoms with Crippen LogP contribution in [0.5, 0.6) is 0 Å². The Bertz CT molecular complexity index is 392. The van der Waals surface area contributed by atoms with Crippen LogP contribution in [0.4, 0.5) is 13.2 Å². The number of alkyl halides is 4. The van der Waals surface area contributed by atoms with E-state index in [9.17, 15) is 22.8 Å². The van der Waals surface area contributed by atoms with E-state index in [-0.39, 0.29) is 6.42 Å². The second kappa shape index (κ2) is 4.96.